The summed E-state index contributed by atoms with van der Waals surface area (Å²) in [5.41, 5.74) is 5.01. The number of methoxy groups -OCH3 is 1. The van der Waals surface area contributed by atoms with Crippen LogP contribution in [0.5, 0.6) is 5.75 Å². The highest BCUT2D eigenvalue weighted by Crippen LogP contribution is 2.18. The van der Waals surface area contributed by atoms with E-state index in [1.54, 1.807) is 7.11 Å². The Hall–Kier alpha value is -1.96. The molecule has 0 aliphatic carbocycles. The van der Waals surface area contributed by atoms with Crippen LogP contribution in [-0.2, 0) is 6.54 Å². The SMILES string of the molecule is COc1ccc(CNc2ccc(C)cc2C)cc1. The molecule has 2 heteroatoms. The summed E-state index contributed by atoms with van der Waals surface area (Å²) >= 11 is 0. The van der Waals surface area contributed by atoms with Gasteiger partial charge in [-0.25, -0.2) is 0 Å². The van der Waals surface area contributed by atoms with Crippen LogP contribution in [0.3, 0.4) is 0 Å². The summed E-state index contributed by atoms with van der Waals surface area (Å²) in [7, 11) is 1.68. The van der Waals surface area contributed by atoms with Crippen LogP contribution in [0.1, 0.15) is 16.7 Å². The van der Waals surface area contributed by atoms with Crippen molar-refractivity contribution in [3.63, 3.8) is 0 Å². The van der Waals surface area contributed by atoms with Crippen LogP contribution in [0.25, 0.3) is 0 Å². The van der Waals surface area contributed by atoms with Crippen LogP contribution in [0, 0.1) is 13.8 Å². The first-order valence-corrected chi connectivity index (χ1v) is 6.13. The predicted octanol–water partition coefficient (Wildman–Crippen LogP) is 3.92. The second-order valence-electron chi connectivity index (χ2n) is 4.52. The molecule has 0 saturated carbocycles. The normalized spacial score (nSPS) is 10.2. The van der Waals surface area contributed by atoms with Gasteiger partial charge in [-0.1, -0.05) is 29.8 Å². The van der Waals surface area contributed by atoms with Crippen molar-refractivity contribution in [3.8, 4) is 5.75 Å². The molecule has 0 aromatic heterocycles. The van der Waals surface area contributed by atoms with Gasteiger partial charge in [0.2, 0.25) is 0 Å². The van der Waals surface area contributed by atoms with Crippen molar-refractivity contribution in [3.05, 3.63) is 59.2 Å². The first-order valence-electron chi connectivity index (χ1n) is 6.13. The van der Waals surface area contributed by atoms with Crippen LogP contribution in [0.15, 0.2) is 42.5 Å². The molecule has 0 unspecified atom stereocenters. The lowest BCUT2D eigenvalue weighted by atomic mass is 10.1. The Labute approximate surface area is 109 Å². The molecule has 94 valence electrons. The van der Waals surface area contributed by atoms with Gasteiger partial charge in [-0.3, -0.25) is 0 Å². The highest BCUT2D eigenvalue weighted by molar-refractivity contribution is 5.52. The summed E-state index contributed by atoms with van der Waals surface area (Å²) in [6.45, 7) is 5.07. The summed E-state index contributed by atoms with van der Waals surface area (Å²) in [6.07, 6.45) is 0. The Balaban J connectivity index is 2.02. The maximum atomic E-state index is 5.14. The molecule has 18 heavy (non-hydrogen) atoms. The van der Waals surface area contributed by atoms with E-state index in [1.807, 2.05) is 12.1 Å². The Morgan fingerprint density at radius 1 is 1.00 bits per heavy atom. The molecule has 0 heterocycles. The van der Waals surface area contributed by atoms with E-state index in [9.17, 15) is 0 Å². The van der Waals surface area contributed by atoms with Crippen LogP contribution in [0.2, 0.25) is 0 Å². The van der Waals surface area contributed by atoms with Crippen molar-refractivity contribution in [2.24, 2.45) is 0 Å². The standard InChI is InChI=1S/C16H19NO/c1-12-4-9-16(13(2)10-12)17-11-14-5-7-15(18-3)8-6-14/h4-10,17H,11H2,1-3H3. The first-order chi connectivity index (χ1) is 8.69. The fourth-order valence-corrected chi connectivity index (χ4v) is 1.95. The average Bonchev–Trinajstić information content (AvgIpc) is 2.38. The molecular formula is C16H19NO. The van der Waals surface area contributed by atoms with Crippen LogP contribution >= 0.6 is 0 Å². The van der Waals surface area contributed by atoms with Gasteiger partial charge in [0.05, 0.1) is 7.11 Å². The minimum Gasteiger partial charge on any atom is -0.497 e. The second-order valence-corrected chi connectivity index (χ2v) is 4.52. The number of aryl methyl sites for hydroxylation is 2. The van der Waals surface area contributed by atoms with Gasteiger partial charge in [0.1, 0.15) is 5.75 Å². The Bertz CT molecular complexity index is 517. The largest absolute Gasteiger partial charge is 0.497 e. The van der Waals surface area contributed by atoms with E-state index in [0.717, 1.165) is 12.3 Å². The minimum atomic E-state index is 0.827. The zero-order chi connectivity index (χ0) is 13.0. The summed E-state index contributed by atoms with van der Waals surface area (Å²) in [5, 5.41) is 3.45. The first kappa shape index (κ1) is 12.5. The fraction of sp³-hybridized carbons (Fsp3) is 0.250. The molecule has 2 nitrogen and oxygen atoms in total. The van der Waals surface area contributed by atoms with Crippen molar-refractivity contribution >= 4 is 5.69 Å². The Morgan fingerprint density at radius 3 is 2.33 bits per heavy atom. The van der Waals surface area contributed by atoms with Crippen LogP contribution < -0.4 is 10.1 Å². The third-order valence-corrected chi connectivity index (χ3v) is 3.02. The van der Waals surface area contributed by atoms with E-state index in [4.69, 9.17) is 4.74 Å². The molecule has 0 spiro atoms. The summed E-state index contributed by atoms with van der Waals surface area (Å²) in [5.74, 6) is 0.894. The molecule has 2 rings (SSSR count). The van der Waals surface area contributed by atoms with E-state index in [1.165, 1.54) is 22.4 Å². The van der Waals surface area contributed by atoms with Crippen molar-refractivity contribution in [2.45, 2.75) is 20.4 Å². The topological polar surface area (TPSA) is 21.3 Å². The summed E-state index contributed by atoms with van der Waals surface area (Å²) in [6, 6.07) is 14.6. The lowest BCUT2D eigenvalue weighted by Gasteiger charge is -2.10. The monoisotopic (exact) mass is 241 g/mol. The van der Waals surface area contributed by atoms with Gasteiger partial charge < -0.3 is 10.1 Å². The summed E-state index contributed by atoms with van der Waals surface area (Å²) in [4.78, 5) is 0. The minimum absolute atomic E-state index is 0.827. The van der Waals surface area contributed by atoms with Gasteiger partial charge in [-0.05, 0) is 43.2 Å². The molecule has 0 aliphatic rings. The number of nitrogens with one attached hydrogen (secondary N) is 1. The summed E-state index contributed by atoms with van der Waals surface area (Å²) < 4.78 is 5.14. The molecular weight excluding hydrogens is 222 g/mol. The third-order valence-electron chi connectivity index (χ3n) is 3.02. The molecule has 0 saturated heterocycles. The van der Waals surface area contributed by atoms with Gasteiger partial charge in [0, 0.05) is 12.2 Å². The lowest BCUT2D eigenvalue weighted by molar-refractivity contribution is 0.414. The predicted molar refractivity (Wildman–Crippen MR) is 76.2 cm³/mol. The molecule has 0 fully saturated rings. The number of rotatable bonds is 4. The van der Waals surface area contributed by atoms with Gasteiger partial charge in [0.15, 0.2) is 0 Å². The van der Waals surface area contributed by atoms with Gasteiger partial charge >= 0.3 is 0 Å². The number of ether oxygens (including phenoxy) is 1. The van der Waals surface area contributed by atoms with Gasteiger partial charge in [-0.15, -0.1) is 0 Å². The number of hydrogen-bond acceptors (Lipinski definition) is 2. The number of benzene rings is 2. The number of anilines is 1. The maximum absolute atomic E-state index is 5.14. The number of hydrogen-bond donors (Lipinski definition) is 1. The average molecular weight is 241 g/mol. The molecule has 2 aromatic carbocycles. The fourth-order valence-electron chi connectivity index (χ4n) is 1.95. The van der Waals surface area contributed by atoms with Gasteiger partial charge in [-0.2, -0.15) is 0 Å². The van der Waals surface area contributed by atoms with E-state index in [-0.39, 0.29) is 0 Å². The zero-order valence-electron chi connectivity index (χ0n) is 11.2. The molecule has 0 radical (unpaired) electrons. The smallest absolute Gasteiger partial charge is 0.118 e. The van der Waals surface area contributed by atoms with Crippen LogP contribution in [0.4, 0.5) is 5.69 Å². The molecule has 0 bridgehead atoms. The van der Waals surface area contributed by atoms with E-state index >= 15 is 0 Å². The Kier molecular flexibility index (Phi) is 3.88. The molecule has 2 aromatic rings. The molecule has 1 N–H and O–H groups in total. The lowest BCUT2D eigenvalue weighted by Crippen LogP contribution is -2.01. The highest BCUT2D eigenvalue weighted by atomic mass is 16.5. The van der Waals surface area contributed by atoms with Gasteiger partial charge in [0.25, 0.3) is 0 Å². The molecule has 0 aliphatic heterocycles. The Morgan fingerprint density at radius 2 is 1.72 bits per heavy atom. The van der Waals surface area contributed by atoms with Crippen LogP contribution in [-0.4, -0.2) is 7.11 Å². The van der Waals surface area contributed by atoms with E-state index in [0.29, 0.717) is 0 Å². The quantitative estimate of drug-likeness (QED) is 0.875. The molecule has 0 atom stereocenters. The van der Waals surface area contributed by atoms with Crippen molar-refractivity contribution < 1.29 is 4.74 Å². The third kappa shape index (κ3) is 3.04. The maximum Gasteiger partial charge on any atom is 0.118 e. The zero-order valence-corrected chi connectivity index (χ0v) is 11.2. The van der Waals surface area contributed by atoms with Crippen molar-refractivity contribution in [1.82, 2.24) is 0 Å². The van der Waals surface area contributed by atoms with Crippen molar-refractivity contribution in [1.29, 1.82) is 0 Å². The molecule has 0 amide bonds. The second kappa shape index (κ2) is 5.58. The van der Waals surface area contributed by atoms with Crippen molar-refractivity contribution in [2.75, 3.05) is 12.4 Å². The van der Waals surface area contributed by atoms with E-state index < -0.39 is 0 Å². The highest BCUT2D eigenvalue weighted by Gasteiger charge is 1.99. The van der Waals surface area contributed by atoms with E-state index in [2.05, 4.69) is 49.5 Å².